The third-order valence-electron chi connectivity index (χ3n) is 5.58. The van der Waals surface area contributed by atoms with Gasteiger partial charge in [-0.05, 0) is 57.0 Å². The van der Waals surface area contributed by atoms with Crippen LogP contribution in [0.3, 0.4) is 0 Å². The molecule has 1 aromatic heterocycles. The fraction of sp³-hybridized carbons (Fsp3) is 0.611. The van der Waals surface area contributed by atoms with E-state index in [1.165, 1.54) is 19.3 Å². The van der Waals surface area contributed by atoms with Crippen molar-refractivity contribution in [2.24, 2.45) is 0 Å². The smallest absolute Gasteiger partial charge is 0.306 e. The van der Waals surface area contributed by atoms with Crippen molar-refractivity contribution in [2.45, 2.75) is 49.5 Å². The SMILES string of the molecule is O=c1[nH]c2ccc(S(=O)(=O)N3CCCC[C@@H]3CN3CCCCC3)cc2[nH]1. The number of H-pyrrole nitrogens is 2. The monoisotopic (exact) mass is 378 g/mol. The Labute approximate surface area is 153 Å². The Hall–Kier alpha value is -1.64. The van der Waals surface area contributed by atoms with E-state index in [1.54, 1.807) is 22.5 Å². The Bertz CT molecular complexity index is 927. The summed E-state index contributed by atoms with van der Waals surface area (Å²) >= 11 is 0. The van der Waals surface area contributed by atoms with Crippen LogP contribution in [0.15, 0.2) is 27.9 Å². The molecule has 0 amide bonds. The van der Waals surface area contributed by atoms with Gasteiger partial charge in [0.1, 0.15) is 0 Å². The lowest BCUT2D eigenvalue weighted by Gasteiger charge is -2.38. The molecule has 26 heavy (non-hydrogen) atoms. The summed E-state index contributed by atoms with van der Waals surface area (Å²) in [4.78, 5) is 19.4. The molecule has 1 aromatic carbocycles. The molecular weight excluding hydrogens is 352 g/mol. The van der Waals surface area contributed by atoms with Gasteiger partial charge in [-0.15, -0.1) is 0 Å². The highest BCUT2D eigenvalue weighted by molar-refractivity contribution is 7.89. The van der Waals surface area contributed by atoms with Crippen LogP contribution in [0.25, 0.3) is 11.0 Å². The van der Waals surface area contributed by atoms with Crippen molar-refractivity contribution in [2.75, 3.05) is 26.2 Å². The van der Waals surface area contributed by atoms with Crippen LogP contribution in [-0.2, 0) is 10.0 Å². The van der Waals surface area contributed by atoms with Gasteiger partial charge in [-0.25, -0.2) is 13.2 Å². The van der Waals surface area contributed by atoms with Gasteiger partial charge >= 0.3 is 5.69 Å². The van der Waals surface area contributed by atoms with Crippen molar-refractivity contribution in [3.8, 4) is 0 Å². The summed E-state index contributed by atoms with van der Waals surface area (Å²) < 4.78 is 28.3. The van der Waals surface area contributed by atoms with Crippen LogP contribution in [0.5, 0.6) is 0 Å². The summed E-state index contributed by atoms with van der Waals surface area (Å²) in [6, 6.07) is 4.85. The van der Waals surface area contributed by atoms with Crippen molar-refractivity contribution in [3.63, 3.8) is 0 Å². The first-order valence-corrected chi connectivity index (χ1v) is 10.9. The summed E-state index contributed by atoms with van der Waals surface area (Å²) in [5.74, 6) is 0. The molecule has 142 valence electrons. The molecule has 2 aliphatic rings. The first-order chi connectivity index (χ1) is 12.5. The third-order valence-corrected chi connectivity index (χ3v) is 7.53. The Balaban J connectivity index is 1.61. The lowest BCUT2D eigenvalue weighted by Crippen LogP contribution is -2.50. The molecule has 2 aromatic rings. The number of piperidine rings is 2. The quantitative estimate of drug-likeness (QED) is 0.850. The van der Waals surface area contributed by atoms with Crippen LogP contribution in [0.4, 0.5) is 0 Å². The number of hydrogen-bond acceptors (Lipinski definition) is 4. The predicted octanol–water partition coefficient (Wildman–Crippen LogP) is 1.89. The average molecular weight is 378 g/mol. The summed E-state index contributed by atoms with van der Waals surface area (Å²) in [7, 11) is -3.57. The number of benzene rings is 1. The second kappa shape index (κ2) is 7.17. The zero-order valence-electron chi connectivity index (χ0n) is 14.9. The number of aromatic nitrogens is 2. The molecule has 2 saturated heterocycles. The van der Waals surface area contributed by atoms with E-state index in [2.05, 4.69) is 14.9 Å². The number of fused-ring (bicyclic) bond motifs is 1. The highest BCUT2D eigenvalue weighted by Crippen LogP contribution is 2.27. The molecule has 0 spiro atoms. The largest absolute Gasteiger partial charge is 0.323 e. The molecule has 2 fully saturated rings. The summed E-state index contributed by atoms with van der Waals surface area (Å²) in [6.07, 6.45) is 6.58. The minimum Gasteiger partial charge on any atom is -0.306 e. The van der Waals surface area contributed by atoms with Crippen molar-refractivity contribution >= 4 is 21.1 Å². The van der Waals surface area contributed by atoms with E-state index in [0.29, 0.717) is 17.6 Å². The molecular formula is C18H26N4O3S. The average Bonchev–Trinajstić information content (AvgIpc) is 3.02. The zero-order valence-corrected chi connectivity index (χ0v) is 15.7. The van der Waals surface area contributed by atoms with Crippen molar-refractivity contribution in [1.29, 1.82) is 0 Å². The standard InChI is InChI=1S/C18H26N4O3S/c23-18-19-16-8-7-15(12-17(16)20-18)26(24,25)22-11-5-2-6-14(22)13-21-9-3-1-4-10-21/h7-8,12,14H,1-6,9-11,13H2,(H2,19,20,23)/t14-/m1/s1. The number of rotatable bonds is 4. The lowest BCUT2D eigenvalue weighted by molar-refractivity contribution is 0.150. The number of nitrogens with zero attached hydrogens (tertiary/aromatic N) is 2. The number of aromatic amines is 2. The fourth-order valence-electron chi connectivity index (χ4n) is 4.22. The van der Waals surface area contributed by atoms with E-state index in [0.717, 1.165) is 38.9 Å². The van der Waals surface area contributed by atoms with Crippen LogP contribution >= 0.6 is 0 Å². The van der Waals surface area contributed by atoms with Crippen LogP contribution in [0.1, 0.15) is 38.5 Å². The first kappa shape index (κ1) is 17.8. The molecule has 3 heterocycles. The molecule has 7 nitrogen and oxygen atoms in total. The van der Waals surface area contributed by atoms with Gasteiger partial charge in [-0.2, -0.15) is 4.31 Å². The highest BCUT2D eigenvalue weighted by atomic mass is 32.2. The van der Waals surface area contributed by atoms with Crippen molar-refractivity contribution in [3.05, 3.63) is 28.7 Å². The van der Waals surface area contributed by atoms with Crippen molar-refractivity contribution < 1.29 is 8.42 Å². The van der Waals surface area contributed by atoms with E-state index in [4.69, 9.17) is 0 Å². The van der Waals surface area contributed by atoms with Gasteiger partial charge < -0.3 is 14.9 Å². The predicted molar refractivity (Wildman–Crippen MR) is 101 cm³/mol. The molecule has 2 N–H and O–H groups in total. The Morgan fingerprint density at radius 3 is 2.50 bits per heavy atom. The topological polar surface area (TPSA) is 89.3 Å². The Morgan fingerprint density at radius 1 is 0.962 bits per heavy atom. The zero-order chi connectivity index (χ0) is 18.1. The number of likely N-dealkylation sites (tertiary alicyclic amines) is 1. The molecule has 0 radical (unpaired) electrons. The van der Waals surface area contributed by atoms with Gasteiger partial charge in [0.15, 0.2) is 0 Å². The Morgan fingerprint density at radius 2 is 1.69 bits per heavy atom. The molecule has 2 aliphatic heterocycles. The molecule has 0 unspecified atom stereocenters. The summed E-state index contributed by atoms with van der Waals surface area (Å²) in [5, 5.41) is 0. The van der Waals surface area contributed by atoms with Crippen LogP contribution in [-0.4, -0.2) is 59.8 Å². The molecule has 4 rings (SSSR count). The second-order valence-electron chi connectivity index (χ2n) is 7.41. The van der Waals surface area contributed by atoms with E-state index in [1.807, 2.05) is 0 Å². The fourth-order valence-corrected chi connectivity index (χ4v) is 5.93. The molecule has 1 atom stereocenters. The third kappa shape index (κ3) is 3.45. The van der Waals surface area contributed by atoms with Gasteiger partial charge in [0.05, 0.1) is 15.9 Å². The van der Waals surface area contributed by atoms with Gasteiger partial charge in [0, 0.05) is 19.1 Å². The number of nitrogens with one attached hydrogen (secondary N) is 2. The molecule has 0 saturated carbocycles. The minimum absolute atomic E-state index is 0.0350. The van der Waals surface area contributed by atoms with Gasteiger partial charge in [0.2, 0.25) is 10.0 Å². The maximum absolute atomic E-state index is 13.3. The van der Waals surface area contributed by atoms with Crippen molar-refractivity contribution in [1.82, 2.24) is 19.2 Å². The maximum Gasteiger partial charge on any atom is 0.323 e. The van der Waals surface area contributed by atoms with Crippen LogP contribution < -0.4 is 5.69 Å². The van der Waals surface area contributed by atoms with E-state index < -0.39 is 10.0 Å². The van der Waals surface area contributed by atoms with E-state index in [-0.39, 0.29) is 16.6 Å². The molecule has 0 bridgehead atoms. The summed E-state index contributed by atoms with van der Waals surface area (Å²) in [6.45, 7) is 3.53. The number of hydrogen-bond donors (Lipinski definition) is 2. The lowest BCUT2D eigenvalue weighted by atomic mass is 10.0. The van der Waals surface area contributed by atoms with Crippen LogP contribution in [0, 0.1) is 0 Å². The van der Waals surface area contributed by atoms with Gasteiger partial charge in [-0.3, -0.25) is 0 Å². The highest BCUT2D eigenvalue weighted by Gasteiger charge is 2.34. The van der Waals surface area contributed by atoms with E-state index in [9.17, 15) is 13.2 Å². The first-order valence-electron chi connectivity index (χ1n) is 9.50. The normalized spacial score (nSPS) is 23.5. The molecule has 8 heteroatoms. The Kier molecular flexibility index (Phi) is 4.90. The van der Waals surface area contributed by atoms with E-state index >= 15 is 0 Å². The minimum atomic E-state index is -3.57. The summed E-state index contributed by atoms with van der Waals surface area (Å²) in [5.41, 5.74) is 0.827. The second-order valence-corrected chi connectivity index (χ2v) is 9.30. The maximum atomic E-state index is 13.3. The van der Waals surface area contributed by atoms with Gasteiger partial charge in [-0.1, -0.05) is 12.8 Å². The number of sulfonamides is 1. The van der Waals surface area contributed by atoms with Crippen LogP contribution in [0.2, 0.25) is 0 Å². The van der Waals surface area contributed by atoms with Gasteiger partial charge in [0.25, 0.3) is 0 Å². The number of imidazole rings is 1. The molecule has 0 aliphatic carbocycles.